The van der Waals surface area contributed by atoms with Crippen molar-refractivity contribution in [3.8, 4) is 17.4 Å². The van der Waals surface area contributed by atoms with E-state index in [0.29, 0.717) is 23.3 Å². The Bertz CT molecular complexity index is 558. The number of nitrogens with two attached hydrogens (primary N) is 1. The highest BCUT2D eigenvalue weighted by atomic mass is 16.5. The Hall–Kier alpha value is -2.30. The summed E-state index contributed by atoms with van der Waals surface area (Å²) in [7, 11) is 1.61. The lowest BCUT2D eigenvalue weighted by Gasteiger charge is -2.08. The van der Waals surface area contributed by atoms with Crippen LogP contribution in [0.5, 0.6) is 17.4 Å². The molecule has 0 aliphatic carbocycles. The summed E-state index contributed by atoms with van der Waals surface area (Å²) in [6, 6.07) is 8.94. The summed E-state index contributed by atoms with van der Waals surface area (Å²) in [5.41, 5.74) is 5.74. The Labute approximate surface area is 112 Å². The summed E-state index contributed by atoms with van der Waals surface area (Å²) in [6.07, 6.45) is 1.74. The summed E-state index contributed by atoms with van der Waals surface area (Å²) >= 11 is 0. The fourth-order valence-electron chi connectivity index (χ4n) is 1.67. The standard InChI is InChI=1S/C14H17N3O2/c1-3-5-13-16-12(15)9-14(17-13)19-11-7-4-6-10(8-11)18-2/h4,6-9H,3,5H2,1-2H3,(H2,15,16,17). The van der Waals surface area contributed by atoms with Crippen LogP contribution in [0, 0.1) is 0 Å². The van der Waals surface area contributed by atoms with Gasteiger partial charge in [-0.25, -0.2) is 4.98 Å². The zero-order chi connectivity index (χ0) is 13.7. The average Bonchev–Trinajstić information content (AvgIpc) is 2.38. The van der Waals surface area contributed by atoms with Crippen LogP contribution in [0.3, 0.4) is 0 Å². The molecule has 1 heterocycles. The molecule has 2 aromatic rings. The van der Waals surface area contributed by atoms with Crippen LogP contribution in [0.25, 0.3) is 0 Å². The van der Waals surface area contributed by atoms with Crippen LogP contribution in [0.2, 0.25) is 0 Å². The number of methoxy groups -OCH3 is 1. The smallest absolute Gasteiger partial charge is 0.224 e. The summed E-state index contributed by atoms with van der Waals surface area (Å²) in [5, 5.41) is 0. The largest absolute Gasteiger partial charge is 0.497 e. The molecule has 5 heteroatoms. The van der Waals surface area contributed by atoms with Crippen LogP contribution in [0.1, 0.15) is 19.2 Å². The van der Waals surface area contributed by atoms with Crippen LogP contribution < -0.4 is 15.2 Å². The first-order valence-electron chi connectivity index (χ1n) is 6.16. The van der Waals surface area contributed by atoms with Gasteiger partial charge in [-0.2, -0.15) is 4.98 Å². The first-order chi connectivity index (χ1) is 9.21. The first kappa shape index (κ1) is 13.1. The van der Waals surface area contributed by atoms with Gasteiger partial charge < -0.3 is 15.2 Å². The molecular formula is C14H17N3O2. The number of aryl methyl sites for hydroxylation is 1. The van der Waals surface area contributed by atoms with E-state index in [2.05, 4.69) is 16.9 Å². The van der Waals surface area contributed by atoms with Gasteiger partial charge in [-0.1, -0.05) is 13.0 Å². The molecule has 1 aromatic heterocycles. The van der Waals surface area contributed by atoms with Crippen molar-refractivity contribution in [2.45, 2.75) is 19.8 Å². The Morgan fingerprint density at radius 1 is 1.16 bits per heavy atom. The minimum atomic E-state index is 0.413. The molecule has 0 unspecified atom stereocenters. The van der Waals surface area contributed by atoms with Gasteiger partial charge in [0.2, 0.25) is 5.88 Å². The van der Waals surface area contributed by atoms with Crippen molar-refractivity contribution >= 4 is 5.82 Å². The van der Waals surface area contributed by atoms with E-state index in [1.54, 1.807) is 19.2 Å². The number of ether oxygens (including phenoxy) is 2. The second-order valence-electron chi connectivity index (χ2n) is 4.08. The topological polar surface area (TPSA) is 70.3 Å². The van der Waals surface area contributed by atoms with Crippen LogP contribution in [-0.2, 0) is 6.42 Å². The Morgan fingerprint density at radius 3 is 2.68 bits per heavy atom. The highest BCUT2D eigenvalue weighted by molar-refractivity contribution is 5.38. The summed E-state index contributed by atoms with van der Waals surface area (Å²) in [5.74, 6) is 2.94. The van der Waals surface area contributed by atoms with Gasteiger partial charge in [-0.3, -0.25) is 0 Å². The van der Waals surface area contributed by atoms with Crippen LogP contribution >= 0.6 is 0 Å². The van der Waals surface area contributed by atoms with Crippen molar-refractivity contribution < 1.29 is 9.47 Å². The van der Waals surface area contributed by atoms with Gasteiger partial charge in [-0.15, -0.1) is 0 Å². The normalized spacial score (nSPS) is 10.2. The molecule has 100 valence electrons. The zero-order valence-corrected chi connectivity index (χ0v) is 11.1. The van der Waals surface area contributed by atoms with Crippen LogP contribution in [-0.4, -0.2) is 17.1 Å². The van der Waals surface area contributed by atoms with E-state index in [1.807, 2.05) is 18.2 Å². The molecule has 0 aliphatic heterocycles. The lowest BCUT2D eigenvalue weighted by atomic mass is 10.3. The molecule has 0 saturated carbocycles. The summed E-state index contributed by atoms with van der Waals surface area (Å²) in [6.45, 7) is 2.06. The van der Waals surface area contributed by atoms with Crippen molar-refractivity contribution in [1.29, 1.82) is 0 Å². The second kappa shape index (κ2) is 6.04. The van der Waals surface area contributed by atoms with E-state index in [-0.39, 0.29) is 0 Å². The van der Waals surface area contributed by atoms with Gasteiger partial charge in [0.25, 0.3) is 0 Å². The van der Waals surface area contributed by atoms with Gasteiger partial charge in [-0.05, 0) is 18.6 Å². The fraction of sp³-hybridized carbons (Fsp3) is 0.286. The predicted molar refractivity (Wildman–Crippen MR) is 73.5 cm³/mol. The zero-order valence-electron chi connectivity index (χ0n) is 11.1. The molecule has 2 N–H and O–H groups in total. The molecule has 0 fully saturated rings. The van der Waals surface area contributed by atoms with Gasteiger partial charge in [0, 0.05) is 18.6 Å². The van der Waals surface area contributed by atoms with Crippen molar-refractivity contribution in [3.05, 3.63) is 36.2 Å². The maximum atomic E-state index is 5.74. The van der Waals surface area contributed by atoms with E-state index in [0.717, 1.165) is 18.6 Å². The first-order valence-corrected chi connectivity index (χ1v) is 6.16. The number of anilines is 1. The average molecular weight is 259 g/mol. The molecule has 2 rings (SSSR count). The number of nitrogens with zero attached hydrogens (tertiary/aromatic N) is 2. The number of rotatable bonds is 5. The van der Waals surface area contributed by atoms with Crippen LogP contribution in [0.4, 0.5) is 5.82 Å². The molecule has 5 nitrogen and oxygen atoms in total. The van der Waals surface area contributed by atoms with Gasteiger partial charge in [0.1, 0.15) is 23.1 Å². The summed E-state index contributed by atoms with van der Waals surface area (Å²) < 4.78 is 10.8. The Kier molecular flexibility index (Phi) is 4.18. The monoisotopic (exact) mass is 259 g/mol. The molecule has 0 bridgehead atoms. The molecule has 19 heavy (non-hydrogen) atoms. The van der Waals surface area contributed by atoms with Crippen molar-refractivity contribution in [2.24, 2.45) is 0 Å². The summed E-state index contributed by atoms with van der Waals surface area (Å²) in [4.78, 5) is 8.48. The minimum Gasteiger partial charge on any atom is -0.497 e. The van der Waals surface area contributed by atoms with Gasteiger partial charge in [0.15, 0.2) is 0 Å². The third kappa shape index (κ3) is 3.58. The molecule has 0 spiro atoms. The van der Waals surface area contributed by atoms with Crippen molar-refractivity contribution in [1.82, 2.24) is 9.97 Å². The number of hydrogen-bond acceptors (Lipinski definition) is 5. The Morgan fingerprint density at radius 2 is 1.95 bits per heavy atom. The highest BCUT2D eigenvalue weighted by Crippen LogP contribution is 2.24. The van der Waals surface area contributed by atoms with Crippen molar-refractivity contribution in [2.75, 3.05) is 12.8 Å². The maximum absolute atomic E-state index is 5.74. The molecule has 0 radical (unpaired) electrons. The number of nitrogen functional groups attached to an aromatic ring is 1. The van der Waals surface area contributed by atoms with E-state index < -0.39 is 0 Å². The second-order valence-corrected chi connectivity index (χ2v) is 4.08. The fourth-order valence-corrected chi connectivity index (χ4v) is 1.67. The molecule has 1 aromatic carbocycles. The van der Waals surface area contributed by atoms with Crippen molar-refractivity contribution in [3.63, 3.8) is 0 Å². The molecule has 0 aliphatic rings. The maximum Gasteiger partial charge on any atom is 0.224 e. The lowest BCUT2D eigenvalue weighted by Crippen LogP contribution is -2.01. The number of benzene rings is 1. The molecular weight excluding hydrogens is 242 g/mol. The predicted octanol–water partition coefficient (Wildman–Crippen LogP) is 2.81. The third-order valence-corrected chi connectivity index (χ3v) is 2.51. The van der Waals surface area contributed by atoms with Gasteiger partial charge >= 0.3 is 0 Å². The van der Waals surface area contributed by atoms with E-state index in [4.69, 9.17) is 15.2 Å². The molecule has 0 amide bonds. The lowest BCUT2D eigenvalue weighted by molar-refractivity contribution is 0.407. The number of hydrogen-bond donors (Lipinski definition) is 1. The SMILES string of the molecule is CCCc1nc(N)cc(Oc2cccc(OC)c2)n1. The van der Waals surface area contributed by atoms with E-state index in [9.17, 15) is 0 Å². The third-order valence-electron chi connectivity index (χ3n) is 2.51. The highest BCUT2D eigenvalue weighted by Gasteiger charge is 2.05. The molecule has 0 atom stereocenters. The number of aromatic nitrogens is 2. The minimum absolute atomic E-state index is 0.413. The Balaban J connectivity index is 2.22. The van der Waals surface area contributed by atoms with E-state index >= 15 is 0 Å². The quantitative estimate of drug-likeness (QED) is 0.894. The van der Waals surface area contributed by atoms with Crippen LogP contribution in [0.15, 0.2) is 30.3 Å². The van der Waals surface area contributed by atoms with Gasteiger partial charge in [0.05, 0.1) is 7.11 Å². The molecule has 0 saturated heterocycles. The van der Waals surface area contributed by atoms with E-state index in [1.165, 1.54) is 0 Å².